The zero-order chi connectivity index (χ0) is 17.3. The van der Waals surface area contributed by atoms with Gasteiger partial charge in [-0.25, -0.2) is 0 Å². The summed E-state index contributed by atoms with van der Waals surface area (Å²) in [5.74, 6) is 0. The zero-order valence-electron chi connectivity index (χ0n) is 14.2. The lowest BCUT2D eigenvalue weighted by Crippen LogP contribution is -2.25. The minimum atomic E-state index is -0.591. The summed E-state index contributed by atoms with van der Waals surface area (Å²) in [4.78, 5) is 0. The molecule has 0 bridgehead atoms. The van der Waals surface area contributed by atoms with Crippen molar-refractivity contribution in [2.75, 3.05) is 12.8 Å². The number of aliphatic hydroxyl groups excluding tert-OH is 1. The van der Waals surface area contributed by atoms with E-state index in [1.54, 1.807) is 0 Å². The van der Waals surface area contributed by atoms with Gasteiger partial charge in [0.05, 0.1) is 19.3 Å². The summed E-state index contributed by atoms with van der Waals surface area (Å²) in [7, 11) is -0.591. The Morgan fingerprint density at radius 1 is 0.720 bits per heavy atom. The molecule has 0 fully saturated rings. The monoisotopic (exact) mass is 350 g/mol. The van der Waals surface area contributed by atoms with Crippen molar-refractivity contribution in [2.45, 2.75) is 12.7 Å². The molecule has 3 heteroatoms. The van der Waals surface area contributed by atoms with Gasteiger partial charge in [0.2, 0.25) is 0 Å². The second-order valence-electron chi connectivity index (χ2n) is 5.94. The van der Waals surface area contributed by atoms with E-state index in [0.29, 0.717) is 19.4 Å². The summed E-state index contributed by atoms with van der Waals surface area (Å²) < 4.78 is 5.71. The van der Waals surface area contributed by atoms with E-state index in [0.717, 1.165) is 5.56 Å². The molecule has 0 aliphatic carbocycles. The first-order valence-electron chi connectivity index (χ1n) is 8.50. The van der Waals surface area contributed by atoms with Crippen molar-refractivity contribution in [1.82, 2.24) is 0 Å². The SMILES string of the molecule is OC(COCc1ccccc1)CP(c1ccccc1)c1ccccc1. The molecule has 0 heterocycles. The second-order valence-corrected chi connectivity index (χ2v) is 8.19. The molecule has 0 spiro atoms. The van der Waals surface area contributed by atoms with Crippen LogP contribution in [0.5, 0.6) is 0 Å². The fourth-order valence-electron chi connectivity index (χ4n) is 2.73. The Labute approximate surface area is 150 Å². The van der Waals surface area contributed by atoms with Gasteiger partial charge in [-0.3, -0.25) is 0 Å². The Bertz CT molecular complexity index is 692. The predicted molar refractivity (Wildman–Crippen MR) is 106 cm³/mol. The molecule has 2 nitrogen and oxygen atoms in total. The van der Waals surface area contributed by atoms with Crippen LogP contribution >= 0.6 is 7.92 Å². The molecule has 0 aliphatic heterocycles. The molecular formula is C22H23O2P. The lowest BCUT2D eigenvalue weighted by Gasteiger charge is -2.22. The third-order valence-electron chi connectivity index (χ3n) is 3.95. The highest BCUT2D eigenvalue weighted by Crippen LogP contribution is 2.34. The average Bonchev–Trinajstić information content (AvgIpc) is 2.68. The smallest absolute Gasteiger partial charge is 0.0818 e. The van der Waals surface area contributed by atoms with Crippen molar-refractivity contribution in [3.63, 3.8) is 0 Å². The summed E-state index contributed by atoms with van der Waals surface area (Å²) in [6.45, 7) is 0.889. The van der Waals surface area contributed by atoms with Gasteiger partial charge >= 0.3 is 0 Å². The van der Waals surface area contributed by atoms with Crippen LogP contribution in [-0.2, 0) is 11.3 Å². The lowest BCUT2D eigenvalue weighted by molar-refractivity contribution is 0.0394. The highest BCUT2D eigenvalue weighted by Gasteiger charge is 2.18. The van der Waals surface area contributed by atoms with Crippen LogP contribution in [0.2, 0.25) is 0 Å². The third-order valence-corrected chi connectivity index (χ3v) is 6.58. The van der Waals surface area contributed by atoms with Crippen LogP contribution in [0.25, 0.3) is 0 Å². The molecule has 1 N–H and O–H groups in total. The quantitative estimate of drug-likeness (QED) is 0.628. The van der Waals surface area contributed by atoms with Crippen LogP contribution in [0, 0.1) is 0 Å². The van der Waals surface area contributed by atoms with Gasteiger partial charge in [0, 0.05) is 6.16 Å². The topological polar surface area (TPSA) is 29.5 Å². The Morgan fingerprint density at radius 3 is 1.72 bits per heavy atom. The molecule has 0 amide bonds. The van der Waals surface area contributed by atoms with Gasteiger partial charge < -0.3 is 9.84 Å². The van der Waals surface area contributed by atoms with Crippen LogP contribution in [0.1, 0.15) is 5.56 Å². The van der Waals surface area contributed by atoms with Crippen molar-refractivity contribution in [3.05, 3.63) is 96.6 Å². The van der Waals surface area contributed by atoms with E-state index in [1.807, 2.05) is 42.5 Å². The normalized spacial score (nSPS) is 12.2. The standard InChI is InChI=1S/C22H23O2P/c23-20(17-24-16-19-10-4-1-5-11-19)18-25(21-12-6-2-7-13-21)22-14-8-3-9-15-22/h1-15,20,23H,16-18H2. The van der Waals surface area contributed by atoms with Gasteiger partial charge in [-0.05, 0) is 24.1 Å². The Kier molecular flexibility index (Phi) is 6.76. The number of benzene rings is 3. The van der Waals surface area contributed by atoms with Crippen molar-refractivity contribution in [2.24, 2.45) is 0 Å². The predicted octanol–water partition coefficient (Wildman–Crippen LogP) is 3.70. The Hall–Kier alpha value is -1.99. The van der Waals surface area contributed by atoms with E-state index in [9.17, 15) is 5.11 Å². The molecule has 3 aromatic rings. The fraction of sp³-hybridized carbons (Fsp3) is 0.182. The maximum Gasteiger partial charge on any atom is 0.0818 e. The Balaban J connectivity index is 1.62. The molecule has 3 aromatic carbocycles. The molecule has 0 aromatic heterocycles. The molecule has 0 aliphatic rings. The first kappa shape index (κ1) is 17.8. The molecule has 0 saturated heterocycles. The minimum Gasteiger partial charge on any atom is -0.390 e. The third kappa shape index (κ3) is 5.51. The molecule has 25 heavy (non-hydrogen) atoms. The van der Waals surface area contributed by atoms with Gasteiger partial charge in [-0.1, -0.05) is 91.0 Å². The van der Waals surface area contributed by atoms with E-state index < -0.39 is 14.0 Å². The molecule has 0 saturated carbocycles. The average molecular weight is 350 g/mol. The van der Waals surface area contributed by atoms with Gasteiger partial charge in [0.15, 0.2) is 0 Å². The van der Waals surface area contributed by atoms with Gasteiger partial charge in [0.25, 0.3) is 0 Å². The lowest BCUT2D eigenvalue weighted by atomic mass is 10.2. The largest absolute Gasteiger partial charge is 0.390 e. The summed E-state index contributed by atoms with van der Waals surface area (Å²) in [5, 5.41) is 13.1. The fourth-order valence-corrected chi connectivity index (χ4v) is 5.04. The highest BCUT2D eigenvalue weighted by molar-refractivity contribution is 7.73. The van der Waals surface area contributed by atoms with Crippen molar-refractivity contribution in [3.8, 4) is 0 Å². The number of ether oxygens (including phenoxy) is 1. The maximum absolute atomic E-state index is 10.5. The van der Waals surface area contributed by atoms with Gasteiger partial charge in [0.1, 0.15) is 0 Å². The van der Waals surface area contributed by atoms with Crippen LogP contribution in [0.4, 0.5) is 0 Å². The zero-order valence-corrected chi connectivity index (χ0v) is 15.1. The van der Waals surface area contributed by atoms with Crippen LogP contribution in [-0.4, -0.2) is 24.0 Å². The number of hydrogen-bond donors (Lipinski definition) is 1. The number of hydrogen-bond acceptors (Lipinski definition) is 2. The first-order valence-corrected chi connectivity index (χ1v) is 10.0. The van der Waals surface area contributed by atoms with Crippen LogP contribution in [0.3, 0.4) is 0 Å². The van der Waals surface area contributed by atoms with Crippen molar-refractivity contribution < 1.29 is 9.84 Å². The molecular weight excluding hydrogens is 327 g/mol. The van der Waals surface area contributed by atoms with Gasteiger partial charge in [-0.2, -0.15) is 0 Å². The molecule has 1 unspecified atom stereocenters. The summed E-state index contributed by atoms with van der Waals surface area (Å²) >= 11 is 0. The summed E-state index contributed by atoms with van der Waals surface area (Å²) in [6.07, 6.45) is 0.230. The molecule has 3 rings (SSSR count). The van der Waals surface area contributed by atoms with Crippen molar-refractivity contribution in [1.29, 1.82) is 0 Å². The highest BCUT2D eigenvalue weighted by atomic mass is 31.1. The van der Waals surface area contributed by atoms with E-state index >= 15 is 0 Å². The first-order chi connectivity index (χ1) is 12.3. The van der Waals surface area contributed by atoms with E-state index in [-0.39, 0.29) is 0 Å². The molecule has 128 valence electrons. The Morgan fingerprint density at radius 2 is 1.20 bits per heavy atom. The van der Waals surface area contributed by atoms with E-state index in [2.05, 4.69) is 48.5 Å². The van der Waals surface area contributed by atoms with Gasteiger partial charge in [-0.15, -0.1) is 0 Å². The second kappa shape index (κ2) is 9.48. The maximum atomic E-state index is 10.5. The molecule has 1 atom stereocenters. The summed E-state index contributed by atoms with van der Waals surface area (Å²) in [6, 6.07) is 31.0. The van der Waals surface area contributed by atoms with E-state index in [1.165, 1.54) is 10.6 Å². The number of aliphatic hydroxyl groups is 1. The van der Waals surface area contributed by atoms with E-state index in [4.69, 9.17) is 4.74 Å². The molecule has 0 radical (unpaired) electrons. The van der Waals surface area contributed by atoms with Crippen LogP contribution < -0.4 is 10.6 Å². The summed E-state index contributed by atoms with van der Waals surface area (Å²) in [5.41, 5.74) is 1.13. The minimum absolute atomic E-state index is 0.355. The van der Waals surface area contributed by atoms with Crippen LogP contribution in [0.15, 0.2) is 91.0 Å². The van der Waals surface area contributed by atoms with Crippen molar-refractivity contribution >= 4 is 18.5 Å². The number of rotatable bonds is 8.